The lowest BCUT2D eigenvalue weighted by Crippen LogP contribution is -2.37. The molecule has 2 aromatic heterocycles. The van der Waals surface area contributed by atoms with E-state index in [1.54, 1.807) is 7.05 Å². The number of ether oxygens (including phenoxy) is 1. The number of hydrogen-bond acceptors (Lipinski definition) is 6. The van der Waals surface area contributed by atoms with Gasteiger partial charge in [0, 0.05) is 46.0 Å². The van der Waals surface area contributed by atoms with E-state index in [-0.39, 0.29) is 17.5 Å². The van der Waals surface area contributed by atoms with E-state index < -0.39 is 11.2 Å². The first-order chi connectivity index (χ1) is 16.0. The van der Waals surface area contributed by atoms with Crippen LogP contribution in [-0.4, -0.2) is 49.6 Å². The predicted octanol–water partition coefficient (Wildman–Crippen LogP) is 1.45. The zero-order valence-electron chi connectivity index (χ0n) is 19.0. The van der Waals surface area contributed by atoms with E-state index in [2.05, 4.69) is 10.3 Å². The second kappa shape index (κ2) is 10.4. The molecule has 4 rings (SSSR count). The van der Waals surface area contributed by atoms with E-state index in [4.69, 9.17) is 4.74 Å². The van der Waals surface area contributed by atoms with E-state index in [1.807, 2.05) is 34.9 Å². The Kier molecular flexibility index (Phi) is 7.34. The number of carbonyl (C=O) groups excluding carboxylic acids is 1. The van der Waals surface area contributed by atoms with Crippen LogP contribution in [0.2, 0.25) is 0 Å². The zero-order chi connectivity index (χ0) is 23.4. The number of fused-ring (bicyclic) bond motifs is 1. The number of nitrogens with one attached hydrogen (secondary N) is 1. The maximum atomic E-state index is 12.7. The van der Waals surface area contributed by atoms with E-state index in [1.165, 1.54) is 23.4 Å². The molecule has 0 aliphatic carbocycles. The lowest BCUT2D eigenvalue weighted by Gasteiger charge is -2.12. The van der Waals surface area contributed by atoms with Crippen LogP contribution in [0.15, 0.2) is 45.1 Å². The van der Waals surface area contributed by atoms with Gasteiger partial charge in [0.15, 0.2) is 16.3 Å². The smallest absolute Gasteiger partial charge is 0.332 e. The summed E-state index contributed by atoms with van der Waals surface area (Å²) >= 11 is 1.42. The van der Waals surface area contributed by atoms with Crippen molar-refractivity contribution in [3.05, 3.63) is 56.7 Å². The highest BCUT2D eigenvalue weighted by Crippen LogP contribution is 2.23. The van der Waals surface area contributed by atoms with Gasteiger partial charge in [-0.25, -0.2) is 9.78 Å². The summed E-state index contributed by atoms with van der Waals surface area (Å²) in [6.45, 7) is 1.86. The summed E-state index contributed by atoms with van der Waals surface area (Å²) in [6.07, 6.45) is 3.19. The molecule has 1 N–H and O–H groups in total. The van der Waals surface area contributed by atoms with Crippen molar-refractivity contribution < 1.29 is 9.53 Å². The summed E-state index contributed by atoms with van der Waals surface area (Å²) in [5, 5.41) is 3.56. The molecule has 0 radical (unpaired) electrons. The molecular formula is C23H29N5O4S. The minimum atomic E-state index is -0.414. The van der Waals surface area contributed by atoms with Gasteiger partial charge in [-0.1, -0.05) is 42.1 Å². The van der Waals surface area contributed by atoms with E-state index in [9.17, 15) is 14.4 Å². The van der Waals surface area contributed by atoms with Crippen LogP contribution in [0, 0.1) is 0 Å². The first-order valence-electron chi connectivity index (χ1n) is 11.2. The second-order valence-electron chi connectivity index (χ2n) is 8.20. The Morgan fingerprint density at radius 3 is 2.73 bits per heavy atom. The van der Waals surface area contributed by atoms with Gasteiger partial charge in [0.25, 0.3) is 5.56 Å². The lowest BCUT2D eigenvalue weighted by molar-refractivity contribution is -0.121. The Morgan fingerprint density at radius 2 is 2.00 bits per heavy atom. The fourth-order valence-electron chi connectivity index (χ4n) is 4.02. The minimum absolute atomic E-state index is 0.0340. The molecule has 0 spiro atoms. The zero-order valence-corrected chi connectivity index (χ0v) is 19.8. The van der Waals surface area contributed by atoms with Gasteiger partial charge in [-0.15, -0.1) is 0 Å². The quantitative estimate of drug-likeness (QED) is 0.474. The third-order valence-corrected chi connectivity index (χ3v) is 6.86. The largest absolute Gasteiger partial charge is 0.376 e. The highest BCUT2D eigenvalue weighted by Gasteiger charge is 2.20. The number of nitrogens with zero attached hydrogens (tertiary/aromatic N) is 4. The first-order valence-corrected chi connectivity index (χ1v) is 12.2. The highest BCUT2D eigenvalue weighted by atomic mass is 32.2. The van der Waals surface area contributed by atoms with Crippen LogP contribution in [0.3, 0.4) is 0 Å². The van der Waals surface area contributed by atoms with Gasteiger partial charge in [0.05, 0.1) is 6.10 Å². The Bertz CT molecular complexity index is 1240. The van der Waals surface area contributed by atoms with Gasteiger partial charge in [0.1, 0.15) is 0 Å². The molecule has 1 aliphatic rings. The summed E-state index contributed by atoms with van der Waals surface area (Å²) in [5.41, 5.74) is 1.11. The summed E-state index contributed by atoms with van der Waals surface area (Å²) in [7, 11) is 3.11. The molecule has 3 aromatic rings. The molecule has 176 valence electrons. The van der Waals surface area contributed by atoms with Gasteiger partial charge in [-0.3, -0.25) is 18.7 Å². The first kappa shape index (κ1) is 23.3. The SMILES string of the molecule is Cn1c(=O)c2nc(SCCC(=O)NC[C@H]3CCCO3)n(CCc3ccccc3)c2n(C)c1=O. The standard InChI is InChI=1S/C23H29N5O4S/c1-26-20-19(21(30)27(2)23(26)31)25-22(28(20)12-10-16-7-4-3-5-8-16)33-14-11-18(29)24-15-17-9-6-13-32-17/h3-5,7-8,17H,6,9-15H2,1-2H3,(H,24,29)/t17-/m1/s1. The van der Waals surface area contributed by atoms with E-state index in [0.717, 1.165) is 36.0 Å². The molecule has 3 heterocycles. The van der Waals surface area contributed by atoms with Crippen LogP contribution in [-0.2, 0) is 36.6 Å². The third kappa shape index (κ3) is 5.22. The Balaban J connectivity index is 1.52. The van der Waals surface area contributed by atoms with Gasteiger partial charge >= 0.3 is 5.69 Å². The van der Waals surface area contributed by atoms with Gasteiger partial charge in [0.2, 0.25) is 5.91 Å². The van der Waals surface area contributed by atoms with Gasteiger partial charge < -0.3 is 14.6 Å². The van der Waals surface area contributed by atoms with Crippen LogP contribution in [0.1, 0.15) is 24.8 Å². The second-order valence-corrected chi connectivity index (χ2v) is 9.26. The Labute approximate surface area is 195 Å². The Morgan fingerprint density at radius 1 is 1.21 bits per heavy atom. The molecule has 1 fully saturated rings. The molecule has 1 amide bonds. The van der Waals surface area contributed by atoms with Crippen LogP contribution in [0.25, 0.3) is 11.2 Å². The molecule has 1 aromatic carbocycles. The monoisotopic (exact) mass is 471 g/mol. The molecule has 9 nitrogen and oxygen atoms in total. The van der Waals surface area contributed by atoms with Crippen molar-refractivity contribution in [3.63, 3.8) is 0 Å². The number of aryl methyl sites for hydroxylation is 3. The normalized spacial score (nSPS) is 15.9. The number of aromatic nitrogens is 4. The van der Waals surface area contributed by atoms with Gasteiger partial charge in [-0.2, -0.15) is 0 Å². The van der Waals surface area contributed by atoms with Crippen molar-refractivity contribution >= 4 is 28.8 Å². The van der Waals surface area contributed by atoms with Gasteiger partial charge in [-0.05, 0) is 24.8 Å². The molecule has 0 unspecified atom stereocenters. The molecule has 1 aliphatic heterocycles. The summed E-state index contributed by atoms with van der Waals surface area (Å²) in [4.78, 5) is 42.1. The molecule has 0 saturated carbocycles. The van der Waals surface area contributed by atoms with Crippen molar-refractivity contribution in [3.8, 4) is 0 Å². The predicted molar refractivity (Wildman–Crippen MR) is 128 cm³/mol. The average Bonchev–Trinajstić information content (AvgIpc) is 3.47. The number of amides is 1. The number of carbonyl (C=O) groups is 1. The van der Waals surface area contributed by atoms with Crippen LogP contribution < -0.4 is 16.6 Å². The molecular weight excluding hydrogens is 442 g/mol. The van der Waals surface area contributed by atoms with Crippen molar-refractivity contribution in [2.75, 3.05) is 18.9 Å². The molecule has 0 bridgehead atoms. The van der Waals surface area contributed by atoms with Crippen LogP contribution in [0.4, 0.5) is 0 Å². The molecule has 10 heteroatoms. The Hall–Kier alpha value is -2.85. The molecule has 1 saturated heterocycles. The number of thioether (sulfide) groups is 1. The minimum Gasteiger partial charge on any atom is -0.376 e. The fourth-order valence-corrected chi connectivity index (χ4v) is 4.98. The van der Waals surface area contributed by atoms with E-state index in [0.29, 0.717) is 36.1 Å². The number of rotatable bonds is 9. The number of benzene rings is 1. The molecule has 33 heavy (non-hydrogen) atoms. The average molecular weight is 472 g/mol. The van der Waals surface area contributed by atoms with Crippen molar-refractivity contribution in [1.29, 1.82) is 0 Å². The van der Waals surface area contributed by atoms with Crippen molar-refractivity contribution in [1.82, 2.24) is 24.0 Å². The third-order valence-electron chi connectivity index (χ3n) is 5.88. The van der Waals surface area contributed by atoms with Crippen molar-refractivity contribution in [2.24, 2.45) is 14.1 Å². The lowest BCUT2D eigenvalue weighted by atomic mass is 10.1. The maximum Gasteiger partial charge on any atom is 0.332 e. The number of hydrogen-bond donors (Lipinski definition) is 1. The summed E-state index contributed by atoms with van der Waals surface area (Å²) in [5.74, 6) is 0.480. The highest BCUT2D eigenvalue weighted by molar-refractivity contribution is 7.99. The van der Waals surface area contributed by atoms with E-state index >= 15 is 0 Å². The summed E-state index contributed by atoms with van der Waals surface area (Å²) in [6, 6.07) is 10.0. The topological polar surface area (TPSA) is 100 Å². The van der Waals surface area contributed by atoms with Crippen molar-refractivity contribution in [2.45, 2.75) is 43.5 Å². The fraction of sp³-hybridized carbons (Fsp3) is 0.478. The van der Waals surface area contributed by atoms with Crippen LogP contribution >= 0.6 is 11.8 Å². The maximum absolute atomic E-state index is 12.7. The van der Waals surface area contributed by atoms with Crippen LogP contribution in [0.5, 0.6) is 0 Å². The summed E-state index contributed by atoms with van der Waals surface area (Å²) < 4.78 is 9.99. The number of imidazole rings is 1. The molecule has 1 atom stereocenters.